The van der Waals surface area contributed by atoms with E-state index < -0.39 is 0 Å². The highest BCUT2D eigenvalue weighted by atomic mass is 16.5. The molecule has 1 aliphatic rings. The van der Waals surface area contributed by atoms with E-state index in [1.807, 2.05) is 38.1 Å². The number of hydrogen-bond acceptors (Lipinski definition) is 5. The van der Waals surface area contributed by atoms with Gasteiger partial charge in [-0.05, 0) is 49.2 Å². The summed E-state index contributed by atoms with van der Waals surface area (Å²) in [6.45, 7) is 9.31. The third-order valence-electron chi connectivity index (χ3n) is 4.95. The van der Waals surface area contributed by atoms with Gasteiger partial charge in [0.15, 0.2) is 0 Å². The van der Waals surface area contributed by atoms with Crippen LogP contribution in [-0.2, 0) is 11.3 Å². The van der Waals surface area contributed by atoms with E-state index in [0.29, 0.717) is 6.04 Å². The molecule has 1 fully saturated rings. The minimum absolute atomic E-state index is 0.197. The van der Waals surface area contributed by atoms with Crippen LogP contribution in [0.5, 0.6) is 11.5 Å². The predicted octanol–water partition coefficient (Wildman–Crippen LogP) is 3.65. The number of nitrogens with zero attached hydrogens (tertiary/aromatic N) is 1. The lowest BCUT2D eigenvalue weighted by Gasteiger charge is -2.35. The van der Waals surface area contributed by atoms with E-state index in [-0.39, 0.29) is 6.10 Å². The van der Waals surface area contributed by atoms with Gasteiger partial charge in [-0.25, -0.2) is 0 Å². The SMILES string of the molecule is COc1ccc(C(CNCc2ccc(OC(C)C)cc2)N2CCOCC2)cc1. The van der Waals surface area contributed by atoms with Gasteiger partial charge in [0, 0.05) is 32.2 Å². The number of benzene rings is 2. The molecule has 0 aromatic heterocycles. The van der Waals surface area contributed by atoms with Gasteiger partial charge in [0.25, 0.3) is 0 Å². The van der Waals surface area contributed by atoms with Gasteiger partial charge in [0.2, 0.25) is 0 Å². The summed E-state index contributed by atoms with van der Waals surface area (Å²) < 4.78 is 16.6. The molecule has 1 unspecified atom stereocenters. The van der Waals surface area contributed by atoms with Gasteiger partial charge in [-0.2, -0.15) is 0 Å². The molecular weight excluding hydrogens is 352 g/mol. The lowest BCUT2D eigenvalue weighted by Crippen LogP contribution is -2.42. The standard InChI is InChI=1S/C23H32N2O3/c1-18(2)28-22-8-4-19(5-9-22)16-24-17-23(25-12-14-27-15-13-25)20-6-10-21(26-3)11-7-20/h4-11,18,23-24H,12-17H2,1-3H3. The highest BCUT2D eigenvalue weighted by Crippen LogP contribution is 2.24. The average Bonchev–Trinajstić information content (AvgIpc) is 2.73. The van der Waals surface area contributed by atoms with Crippen LogP contribution in [-0.4, -0.2) is 51.0 Å². The lowest BCUT2D eigenvalue weighted by molar-refractivity contribution is 0.0161. The molecule has 2 aromatic rings. The summed E-state index contributed by atoms with van der Waals surface area (Å²) in [5.41, 5.74) is 2.56. The third kappa shape index (κ3) is 5.96. The first-order valence-electron chi connectivity index (χ1n) is 10.1. The van der Waals surface area contributed by atoms with Crippen molar-refractivity contribution in [1.29, 1.82) is 0 Å². The minimum atomic E-state index is 0.197. The van der Waals surface area contributed by atoms with Crippen molar-refractivity contribution >= 4 is 0 Å². The zero-order valence-corrected chi connectivity index (χ0v) is 17.2. The van der Waals surface area contributed by atoms with E-state index in [9.17, 15) is 0 Å². The Balaban J connectivity index is 1.60. The summed E-state index contributed by atoms with van der Waals surface area (Å²) in [6.07, 6.45) is 0.197. The first kappa shape index (κ1) is 20.6. The number of methoxy groups -OCH3 is 1. The van der Waals surface area contributed by atoms with Crippen LogP contribution in [0.1, 0.15) is 31.0 Å². The van der Waals surface area contributed by atoms with E-state index in [4.69, 9.17) is 14.2 Å². The minimum Gasteiger partial charge on any atom is -0.497 e. The fraction of sp³-hybridized carbons (Fsp3) is 0.478. The van der Waals surface area contributed by atoms with Crippen LogP contribution in [0.4, 0.5) is 0 Å². The Morgan fingerprint density at radius 1 is 0.964 bits per heavy atom. The zero-order valence-electron chi connectivity index (χ0n) is 17.2. The first-order chi connectivity index (χ1) is 13.7. The molecule has 1 N–H and O–H groups in total. The Morgan fingerprint density at radius 2 is 1.61 bits per heavy atom. The molecule has 5 heteroatoms. The molecule has 0 radical (unpaired) electrons. The highest BCUT2D eigenvalue weighted by molar-refractivity contribution is 5.30. The van der Waals surface area contributed by atoms with Gasteiger partial charge in [0.05, 0.1) is 26.4 Å². The second-order valence-electron chi connectivity index (χ2n) is 7.38. The number of rotatable bonds is 9. The number of hydrogen-bond donors (Lipinski definition) is 1. The van der Waals surface area contributed by atoms with Crippen molar-refractivity contribution < 1.29 is 14.2 Å². The van der Waals surface area contributed by atoms with Gasteiger partial charge < -0.3 is 19.5 Å². The van der Waals surface area contributed by atoms with Crippen LogP contribution in [0.25, 0.3) is 0 Å². The molecule has 0 aliphatic carbocycles. The van der Waals surface area contributed by atoms with E-state index in [1.54, 1.807) is 7.11 Å². The summed E-state index contributed by atoms with van der Waals surface area (Å²) in [4.78, 5) is 2.50. The molecule has 0 amide bonds. The van der Waals surface area contributed by atoms with Gasteiger partial charge in [0.1, 0.15) is 11.5 Å². The maximum Gasteiger partial charge on any atom is 0.119 e. The zero-order chi connectivity index (χ0) is 19.8. The Kier molecular flexibility index (Phi) is 7.71. The molecule has 1 atom stereocenters. The first-order valence-corrected chi connectivity index (χ1v) is 10.1. The Morgan fingerprint density at radius 3 is 2.21 bits per heavy atom. The molecule has 0 saturated carbocycles. The van der Waals surface area contributed by atoms with Crippen molar-refractivity contribution in [2.75, 3.05) is 40.0 Å². The van der Waals surface area contributed by atoms with Crippen LogP contribution in [0.3, 0.4) is 0 Å². The van der Waals surface area contributed by atoms with Gasteiger partial charge in [-0.15, -0.1) is 0 Å². The van der Waals surface area contributed by atoms with Gasteiger partial charge in [-0.1, -0.05) is 24.3 Å². The highest BCUT2D eigenvalue weighted by Gasteiger charge is 2.22. The summed E-state index contributed by atoms with van der Waals surface area (Å²) in [6, 6.07) is 17.1. The van der Waals surface area contributed by atoms with Crippen molar-refractivity contribution in [3.05, 3.63) is 59.7 Å². The Bertz CT molecular complexity index is 695. The molecule has 3 rings (SSSR count). The van der Waals surface area contributed by atoms with Gasteiger partial charge in [-0.3, -0.25) is 4.90 Å². The van der Waals surface area contributed by atoms with E-state index in [0.717, 1.165) is 50.9 Å². The predicted molar refractivity (Wildman–Crippen MR) is 112 cm³/mol. The number of ether oxygens (including phenoxy) is 3. The second-order valence-corrected chi connectivity index (χ2v) is 7.38. The average molecular weight is 385 g/mol. The van der Waals surface area contributed by atoms with Crippen LogP contribution < -0.4 is 14.8 Å². The Labute approximate surface area is 168 Å². The second kappa shape index (κ2) is 10.5. The quantitative estimate of drug-likeness (QED) is 0.715. The Hall–Kier alpha value is -2.08. The van der Waals surface area contributed by atoms with Gasteiger partial charge >= 0.3 is 0 Å². The fourth-order valence-corrected chi connectivity index (χ4v) is 3.48. The summed E-state index contributed by atoms with van der Waals surface area (Å²) in [5, 5.41) is 3.63. The topological polar surface area (TPSA) is 43.0 Å². The smallest absolute Gasteiger partial charge is 0.119 e. The third-order valence-corrected chi connectivity index (χ3v) is 4.95. The largest absolute Gasteiger partial charge is 0.497 e. The number of morpholine rings is 1. The molecule has 1 aliphatic heterocycles. The monoisotopic (exact) mass is 384 g/mol. The molecule has 28 heavy (non-hydrogen) atoms. The van der Waals surface area contributed by atoms with Crippen LogP contribution >= 0.6 is 0 Å². The summed E-state index contributed by atoms with van der Waals surface area (Å²) >= 11 is 0. The maximum atomic E-state index is 5.72. The van der Waals surface area contributed by atoms with Crippen LogP contribution in [0.15, 0.2) is 48.5 Å². The van der Waals surface area contributed by atoms with E-state index in [2.05, 4.69) is 34.5 Å². The van der Waals surface area contributed by atoms with Crippen molar-refractivity contribution in [3.8, 4) is 11.5 Å². The molecule has 152 valence electrons. The molecular formula is C23H32N2O3. The van der Waals surface area contributed by atoms with Crippen molar-refractivity contribution in [2.24, 2.45) is 0 Å². The van der Waals surface area contributed by atoms with Crippen molar-refractivity contribution in [3.63, 3.8) is 0 Å². The summed E-state index contributed by atoms with van der Waals surface area (Å²) in [5.74, 6) is 1.81. The lowest BCUT2D eigenvalue weighted by atomic mass is 10.0. The normalized spacial score (nSPS) is 16.1. The van der Waals surface area contributed by atoms with E-state index in [1.165, 1.54) is 11.1 Å². The summed E-state index contributed by atoms with van der Waals surface area (Å²) in [7, 11) is 1.70. The number of nitrogens with one attached hydrogen (secondary N) is 1. The van der Waals surface area contributed by atoms with Crippen LogP contribution in [0.2, 0.25) is 0 Å². The van der Waals surface area contributed by atoms with Crippen molar-refractivity contribution in [2.45, 2.75) is 32.5 Å². The van der Waals surface area contributed by atoms with Crippen LogP contribution in [0, 0.1) is 0 Å². The molecule has 1 saturated heterocycles. The molecule has 0 bridgehead atoms. The fourth-order valence-electron chi connectivity index (χ4n) is 3.48. The maximum absolute atomic E-state index is 5.72. The molecule has 1 heterocycles. The molecule has 0 spiro atoms. The van der Waals surface area contributed by atoms with Crippen molar-refractivity contribution in [1.82, 2.24) is 10.2 Å². The molecule has 5 nitrogen and oxygen atoms in total. The van der Waals surface area contributed by atoms with E-state index >= 15 is 0 Å². The molecule has 2 aromatic carbocycles.